The molecule has 0 unspecified atom stereocenters. The molecular formula is C15H21N3. The fourth-order valence-corrected chi connectivity index (χ4v) is 2.13. The van der Waals surface area contributed by atoms with Gasteiger partial charge in [0.1, 0.15) is 0 Å². The van der Waals surface area contributed by atoms with Crippen molar-refractivity contribution in [2.45, 2.75) is 32.7 Å². The molecule has 3 nitrogen and oxygen atoms in total. The van der Waals surface area contributed by atoms with Gasteiger partial charge in [-0.2, -0.15) is 0 Å². The van der Waals surface area contributed by atoms with Crippen LogP contribution in [0, 0.1) is 0 Å². The van der Waals surface area contributed by atoms with Crippen LogP contribution in [0.25, 0.3) is 0 Å². The molecule has 0 spiro atoms. The second-order valence-electron chi connectivity index (χ2n) is 4.62. The maximum atomic E-state index is 5.55. The molecule has 0 saturated heterocycles. The summed E-state index contributed by atoms with van der Waals surface area (Å²) in [6, 6.07) is 8.69. The van der Waals surface area contributed by atoms with Crippen LogP contribution in [0.3, 0.4) is 0 Å². The lowest BCUT2D eigenvalue weighted by Gasteiger charge is -2.08. The molecule has 0 radical (unpaired) electrons. The first-order chi connectivity index (χ1) is 8.83. The zero-order chi connectivity index (χ0) is 12.8. The summed E-state index contributed by atoms with van der Waals surface area (Å²) >= 11 is 0. The summed E-state index contributed by atoms with van der Waals surface area (Å²) in [4.78, 5) is 4.23. The average molecular weight is 243 g/mol. The van der Waals surface area contributed by atoms with Crippen LogP contribution in [0.2, 0.25) is 0 Å². The van der Waals surface area contributed by atoms with Gasteiger partial charge in [-0.25, -0.2) is 4.98 Å². The van der Waals surface area contributed by atoms with Crippen molar-refractivity contribution in [3.05, 3.63) is 53.6 Å². The Morgan fingerprint density at radius 2 is 1.83 bits per heavy atom. The van der Waals surface area contributed by atoms with Crippen molar-refractivity contribution in [1.82, 2.24) is 9.55 Å². The normalized spacial score (nSPS) is 10.8. The fraction of sp³-hybridized carbons (Fsp3) is 0.400. The highest BCUT2D eigenvalue weighted by Crippen LogP contribution is 2.10. The Hall–Kier alpha value is -1.61. The molecule has 2 N–H and O–H groups in total. The molecule has 0 aliphatic carbocycles. The Morgan fingerprint density at radius 1 is 1.11 bits per heavy atom. The van der Waals surface area contributed by atoms with E-state index in [2.05, 4.69) is 40.7 Å². The van der Waals surface area contributed by atoms with E-state index in [1.54, 1.807) is 0 Å². The number of nitrogens with zero attached hydrogens (tertiary/aromatic N) is 2. The van der Waals surface area contributed by atoms with Crippen LogP contribution in [-0.2, 0) is 19.4 Å². The Labute approximate surface area is 109 Å². The van der Waals surface area contributed by atoms with E-state index in [-0.39, 0.29) is 0 Å². The van der Waals surface area contributed by atoms with Crippen LogP contribution in [0.4, 0.5) is 0 Å². The first-order valence-corrected chi connectivity index (χ1v) is 6.60. The summed E-state index contributed by atoms with van der Waals surface area (Å²) in [6.45, 7) is 3.80. The molecule has 0 aliphatic rings. The van der Waals surface area contributed by atoms with Crippen molar-refractivity contribution in [3.63, 3.8) is 0 Å². The highest BCUT2D eigenvalue weighted by Gasteiger charge is 2.02. The van der Waals surface area contributed by atoms with E-state index in [0.717, 1.165) is 25.8 Å². The fourth-order valence-electron chi connectivity index (χ4n) is 2.13. The van der Waals surface area contributed by atoms with Gasteiger partial charge < -0.3 is 10.3 Å². The zero-order valence-corrected chi connectivity index (χ0v) is 11.0. The van der Waals surface area contributed by atoms with Gasteiger partial charge in [0, 0.05) is 18.4 Å². The molecule has 18 heavy (non-hydrogen) atoms. The number of hydrogen-bond acceptors (Lipinski definition) is 2. The SMILES string of the molecule is CCCc1cncn1Cc1ccc(CCN)cc1. The molecule has 0 fully saturated rings. The van der Waals surface area contributed by atoms with Gasteiger partial charge in [-0.3, -0.25) is 0 Å². The van der Waals surface area contributed by atoms with Gasteiger partial charge in [-0.05, 0) is 30.5 Å². The van der Waals surface area contributed by atoms with Crippen LogP contribution < -0.4 is 5.73 Å². The molecule has 0 atom stereocenters. The van der Waals surface area contributed by atoms with Gasteiger partial charge in [0.05, 0.1) is 6.33 Å². The number of hydrogen-bond donors (Lipinski definition) is 1. The Bertz CT molecular complexity index is 471. The van der Waals surface area contributed by atoms with Gasteiger partial charge in [-0.15, -0.1) is 0 Å². The van der Waals surface area contributed by atoms with Crippen LogP contribution in [0.15, 0.2) is 36.8 Å². The van der Waals surface area contributed by atoms with E-state index in [4.69, 9.17) is 5.73 Å². The largest absolute Gasteiger partial charge is 0.330 e. The third-order valence-corrected chi connectivity index (χ3v) is 3.11. The summed E-state index contributed by atoms with van der Waals surface area (Å²) in [5, 5.41) is 0. The molecule has 0 bridgehead atoms. The predicted molar refractivity (Wildman–Crippen MR) is 74.5 cm³/mol. The third-order valence-electron chi connectivity index (χ3n) is 3.11. The number of aryl methyl sites for hydroxylation is 1. The van der Waals surface area contributed by atoms with Gasteiger partial charge in [0.2, 0.25) is 0 Å². The zero-order valence-electron chi connectivity index (χ0n) is 11.0. The van der Waals surface area contributed by atoms with E-state index in [0.29, 0.717) is 6.54 Å². The van der Waals surface area contributed by atoms with Crippen molar-refractivity contribution in [1.29, 1.82) is 0 Å². The Balaban J connectivity index is 2.06. The van der Waals surface area contributed by atoms with Crippen LogP contribution >= 0.6 is 0 Å². The van der Waals surface area contributed by atoms with E-state index in [1.165, 1.54) is 16.8 Å². The molecule has 2 rings (SSSR count). The van der Waals surface area contributed by atoms with E-state index >= 15 is 0 Å². The molecular weight excluding hydrogens is 222 g/mol. The molecule has 2 aromatic rings. The highest BCUT2D eigenvalue weighted by molar-refractivity contribution is 5.23. The van der Waals surface area contributed by atoms with Crippen LogP contribution in [-0.4, -0.2) is 16.1 Å². The molecule has 0 amide bonds. The van der Waals surface area contributed by atoms with Gasteiger partial charge in [0.25, 0.3) is 0 Å². The third kappa shape index (κ3) is 3.20. The molecule has 96 valence electrons. The maximum absolute atomic E-state index is 5.55. The van der Waals surface area contributed by atoms with Gasteiger partial charge in [-0.1, -0.05) is 37.6 Å². The predicted octanol–water partition coefficient (Wildman–Crippen LogP) is 2.39. The monoisotopic (exact) mass is 243 g/mol. The number of nitrogens with two attached hydrogens (primary N) is 1. The van der Waals surface area contributed by atoms with Crippen molar-refractivity contribution in [2.75, 3.05) is 6.54 Å². The summed E-state index contributed by atoms with van der Waals surface area (Å²) < 4.78 is 2.22. The summed E-state index contributed by atoms with van der Waals surface area (Å²) in [5.74, 6) is 0. The summed E-state index contributed by atoms with van der Waals surface area (Å²) in [5.41, 5.74) is 9.48. The standard InChI is InChI=1S/C15H21N3/c1-2-3-15-10-17-12-18(15)11-14-6-4-13(5-7-14)8-9-16/h4-7,10,12H,2-3,8-9,11,16H2,1H3. The molecule has 3 heteroatoms. The summed E-state index contributed by atoms with van der Waals surface area (Å²) in [7, 11) is 0. The maximum Gasteiger partial charge on any atom is 0.0951 e. The molecule has 1 heterocycles. The number of aromatic nitrogens is 2. The minimum atomic E-state index is 0.710. The second-order valence-corrected chi connectivity index (χ2v) is 4.62. The van der Waals surface area contributed by atoms with Crippen molar-refractivity contribution in [2.24, 2.45) is 5.73 Å². The minimum Gasteiger partial charge on any atom is -0.330 e. The molecule has 1 aromatic heterocycles. The topological polar surface area (TPSA) is 43.8 Å². The van der Waals surface area contributed by atoms with E-state index in [9.17, 15) is 0 Å². The average Bonchev–Trinajstić information content (AvgIpc) is 2.80. The van der Waals surface area contributed by atoms with Crippen LogP contribution in [0.1, 0.15) is 30.2 Å². The highest BCUT2D eigenvalue weighted by atomic mass is 15.0. The first kappa shape index (κ1) is 12.8. The lowest BCUT2D eigenvalue weighted by Crippen LogP contribution is -2.04. The smallest absolute Gasteiger partial charge is 0.0951 e. The minimum absolute atomic E-state index is 0.710. The summed E-state index contributed by atoms with van der Waals surface area (Å²) in [6.07, 6.45) is 7.07. The number of rotatable bonds is 6. The van der Waals surface area contributed by atoms with Gasteiger partial charge in [0.15, 0.2) is 0 Å². The lowest BCUT2D eigenvalue weighted by molar-refractivity contribution is 0.722. The Kier molecular flexibility index (Phi) is 4.53. The number of imidazole rings is 1. The Morgan fingerprint density at radius 3 is 2.50 bits per heavy atom. The van der Waals surface area contributed by atoms with Crippen LogP contribution in [0.5, 0.6) is 0 Å². The van der Waals surface area contributed by atoms with Crippen molar-refractivity contribution in [3.8, 4) is 0 Å². The molecule has 0 saturated carbocycles. The number of benzene rings is 1. The van der Waals surface area contributed by atoms with E-state index in [1.807, 2.05) is 12.5 Å². The lowest BCUT2D eigenvalue weighted by atomic mass is 10.1. The molecule has 1 aromatic carbocycles. The molecule has 0 aliphatic heterocycles. The first-order valence-electron chi connectivity index (χ1n) is 6.60. The van der Waals surface area contributed by atoms with Crippen molar-refractivity contribution >= 4 is 0 Å². The van der Waals surface area contributed by atoms with E-state index < -0.39 is 0 Å². The van der Waals surface area contributed by atoms with Crippen molar-refractivity contribution < 1.29 is 0 Å². The van der Waals surface area contributed by atoms with Gasteiger partial charge >= 0.3 is 0 Å². The quantitative estimate of drug-likeness (QED) is 0.846. The second kappa shape index (κ2) is 6.36.